The summed E-state index contributed by atoms with van der Waals surface area (Å²) in [7, 11) is 2.88. The van der Waals surface area contributed by atoms with Gasteiger partial charge < -0.3 is 15.0 Å². The first kappa shape index (κ1) is 18.4. The fourth-order valence-electron chi connectivity index (χ4n) is 2.88. The Kier molecular flexibility index (Phi) is 6.10. The molecule has 0 radical (unpaired) electrons. The van der Waals surface area contributed by atoms with Crippen molar-refractivity contribution in [3.8, 4) is 0 Å². The number of carbonyl (C=O) groups excluding carboxylic acids is 2. The Bertz CT molecular complexity index is 694. The zero-order valence-corrected chi connectivity index (χ0v) is 14.2. The van der Waals surface area contributed by atoms with E-state index >= 15 is 0 Å². The standard InChI is InChI=1S/C17H21N3O5/c1-18-17(22)13-7-9-19(10-8-13)14-5-3-12(4-6-16(21)25-2)11-15(14)20(23)24/h3-6,11,13H,7-10H2,1-2H3,(H,18,22)/b6-4+. The van der Waals surface area contributed by atoms with Gasteiger partial charge in [0.15, 0.2) is 0 Å². The first-order chi connectivity index (χ1) is 12.0. The predicted molar refractivity (Wildman–Crippen MR) is 93.2 cm³/mol. The van der Waals surface area contributed by atoms with Crippen LogP contribution in [0.5, 0.6) is 0 Å². The van der Waals surface area contributed by atoms with Crippen LogP contribution in [0.15, 0.2) is 24.3 Å². The van der Waals surface area contributed by atoms with Crippen molar-refractivity contribution in [1.29, 1.82) is 0 Å². The second kappa shape index (κ2) is 8.27. The van der Waals surface area contributed by atoms with Crippen molar-refractivity contribution in [2.75, 3.05) is 32.1 Å². The highest BCUT2D eigenvalue weighted by atomic mass is 16.6. The van der Waals surface area contributed by atoms with Crippen LogP contribution in [0.4, 0.5) is 11.4 Å². The number of amides is 1. The molecule has 0 aliphatic carbocycles. The molecule has 0 atom stereocenters. The van der Waals surface area contributed by atoms with Gasteiger partial charge in [0.05, 0.1) is 12.0 Å². The van der Waals surface area contributed by atoms with Gasteiger partial charge in [0.25, 0.3) is 5.69 Å². The smallest absolute Gasteiger partial charge is 0.330 e. The molecule has 1 aliphatic rings. The second-order valence-corrected chi connectivity index (χ2v) is 5.74. The molecule has 1 aliphatic heterocycles. The summed E-state index contributed by atoms with van der Waals surface area (Å²) in [6.07, 6.45) is 4.00. The van der Waals surface area contributed by atoms with E-state index in [-0.39, 0.29) is 17.5 Å². The van der Waals surface area contributed by atoms with Crippen molar-refractivity contribution in [2.24, 2.45) is 5.92 Å². The van der Waals surface area contributed by atoms with E-state index in [1.54, 1.807) is 19.2 Å². The molecule has 1 fully saturated rings. The molecular weight excluding hydrogens is 326 g/mol. The number of rotatable bonds is 5. The van der Waals surface area contributed by atoms with Gasteiger partial charge in [0.2, 0.25) is 5.91 Å². The SMILES string of the molecule is CNC(=O)C1CCN(c2ccc(/C=C/C(=O)OC)cc2[N+](=O)[O-])CC1. The number of esters is 1. The molecule has 1 saturated heterocycles. The van der Waals surface area contributed by atoms with Crippen LogP contribution in [0.3, 0.4) is 0 Å². The number of hydrogen-bond donors (Lipinski definition) is 1. The minimum absolute atomic E-state index is 0.0115. The van der Waals surface area contributed by atoms with Crippen LogP contribution in [0, 0.1) is 16.0 Å². The second-order valence-electron chi connectivity index (χ2n) is 5.74. The summed E-state index contributed by atoms with van der Waals surface area (Å²) in [6, 6.07) is 4.82. The molecule has 25 heavy (non-hydrogen) atoms. The Labute approximate surface area is 145 Å². The lowest BCUT2D eigenvalue weighted by molar-refractivity contribution is -0.384. The molecule has 0 spiro atoms. The van der Waals surface area contributed by atoms with Gasteiger partial charge in [-0.2, -0.15) is 0 Å². The van der Waals surface area contributed by atoms with Crippen molar-refractivity contribution in [3.05, 3.63) is 40.0 Å². The van der Waals surface area contributed by atoms with E-state index in [0.717, 1.165) is 0 Å². The lowest BCUT2D eigenvalue weighted by Crippen LogP contribution is -2.39. The minimum atomic E-state index is -0.525. The number of nitrogens with one attached hydrogen (secondary N) is 1. The van der Waals surface area contributed by atoms with Crippen LogP contribution >= 0.6 is 0 Å². The lowest BCUT2D eigenvalue weighted by atomic mass is 9.95. The van der Waals surface area contributed by atoms with Gasteiger partial charge in [-0.15, -0.1) is 0 Å². The molecule has 8 nitrogen and oxygen atoms in total. The number of benzene rings is 1. The maximum atomic E-state index is 11.7. The van der Waals surface area contributed by atoms with Crippen molar-refractivity contribution >= 4 is 29.3 Å². The molecular formula is C17H21N3O5. The molecule has 1 aromatic carbocycles. The van der Waals surface area contributed by atoms with Crippen LogP contribution < -0.4 is 10.2 Å². The lowest BCUT2D eigenvalue weighted by Gasteiger charge is -2.32. The van der Waals surface area contributed by atoms with E-state index in [1.165, 1.54) is 25.3 Å². The summed E-state index contributed by atoms with van der Waals surface area (Å²) in [5.74, 6) is -0.567. The zero-order chi connectivity index (χ0) is 18.4. The Morgan fingerprint density at radius 2 is 2.04 bits per heavy atom. The van der Waals surface area contributed by atoms with Gasteiger partial charge >= 0.3 is 5.97 Å². The quantitative estimate of drug-likeness (QED) is 0.377. The van der Waals surface area contributed by atoms with E-state index in [9.17, 15) is 19.7 Å². The molecule has 0 aromatic heterocycles. The first-order valence-electron chi connectivity index (χ1n) is 7.97. The molecule has 0 bridgehead atoms. The number of nitro benzene ring substituents is 1. The van der Waals surface area contributed by atoms with E-state index in [0.29, 0.717) is 37.2 Å². The van der Waals surface area contributed by atoms with Crippen LogP contribution in [-0.4, -0.2) is 44.0 Å². The Morgan fingerprint density at radius 3 is 2.60 bits per heavy atom. The van der Waals surface area contributed by atoms with Crippen molar-refractivity contribution in [2.45, 2.75) is 12.8 Å². The molecule has 1 amide bonds. The van der Waals surface area contributed by atoms with Gasteiger partial charge in [-0.3, -0.25) is 14.9 Å². The number of ether oxygens (including phenoxy) is 1. The van der Waals surface area contributed by atoms with Crippen molar-refractivity contribution < 1.29 is 19.2 Å². The largest absolute Gasteiger partial charge is 0.466 e. The highest BCUT2D eigenvalue weighted by Gasteiger charge is 2.27. The number of carbonyl (C=O) groups is 2. The number of hydrogen-bond acceptors (Lipinski definition) is 6. The molecule has 1 N–H and O–H groups in total. The average molecular weight is 347 g/mol. The van der Waals surface area contributed by atoms with E-state index in [2.05, 4.69) is 10.1 Å². The van der Waals surface area contributed by atoms with E-state index < -0.39 is 10.9 Å². The van der Waals surface area contributed by atoms with Gasteiger partial charge in [-0.1, -0.05) is 6.07 Å². The van der Waals surface area contributed by atoms with Crippen molar-refractivity contribution in [3.63, 3.8) is 0 Å². The summed E-state index contributed by atoms with van der Waals surface area (Å²) in [6.45, 7) is 1.16. The number of nitro groups is 1. The third-order valence-electron chi connectivity index (χ3n) is 4.26. The fraction of sp³-hybridized carbons (Fsp3) is 0.412. The molecule has 2 rings (SSSR count). The summed E-state index contributed by atoms with van der Waals surface area (Å²) >= 11 is 0. The van der Waals surface area contributed by atoms with E-state index in [4.69, 9.17) is 0 Å². The maximum absolute atomic E-state index is 11.7. The average Bonchev–Trinajstić information content (AvgIpc) is 2.65. The molecule has 1 aromatic rings. The molecule has 1 heterocycles. The van der Waals surface area contributed by atoms with Gasteiger partial charge in [0.1, 0.15) is 5.69 Å². The van der Waals surface area contributed by atoms with Crippen LogP contribution in [0.25, 0.3) is 6.08 Å². The molecule has 134 valence electrons. The third-order valence-corrected chi connectivity index (χ3v) is 4.26. The predicted octanol–water partition coefficient (Wildman–Crippen LogP) is 1.74. The summed E-state index contributed by atoms with van der Waals surface area (Å²) in [5.41, 5.74) is 1.04. The normalized spacial score (nSPS) is 15.2. The first-order valence-corrected chi connectivity index (χ1v) is 7.97. The fourth-order valence-corrected chi connectivity index (χ4v) is 2.88. The molecule has 0 unspecified atom stereocenters. The number of anilines is 1. The van der Waals surface area contributed by atoms with Crippen LogP contribution in [0.2, 0.25) is 0 Å². The van der Waals surface area contributed by atoms with Crippen molar-refractivity contribution in [1.82, 2.24) is 5.32 Å². The van der Waals surface area contributed by atoms with Gasteiger partial charge in [-0.25, -0.2) is 4.79 Å². The highest BCUT2D eigenvalue weighted by molar-refractivity contribution is 5.87. The van der Waals surface area contributed by atoms with E-state index in [1.807, 2.05) is 4.90 Å². The Morgan fingerprint density at radius 1 is 1.36 bits per heavy atom. The zero-order valence-electron chi connectivity index (χ0n) is 14.2. The van der Waals surface area contributed by atoms with Gasteiger partial charge in [-0.05, 0) is 30.5 Å². The number of piperidine rings is 1. The number of methoxy groups -OCH3 is 1. The van der Waals surface area contributed by atoms with Crippen LogP contribution in [0.1, 0.15) is 18.4 Å². The number of nitrogens with zero attached hydrogens (tertiary/aromatic N) is 2. The maximum Gasteiger partial charge on any atom is 0.330 e. The summed E-state index contributed by atoms with van der Waals surface area (Å²) in [5, 5.41) is 14.1. The third kappa shape index (κ3) is 4.56. The monoisotopic (exact) mass is 347 g/mol. The summed E-state index contributed by atoms with van der Waals surface area (Å²) in [4.78, 5) is 35.8. The Balaban J connectivity index is 2.18. The van der Waals surface area contributed by atoms with Crippen LogP contribution in [-0.2, 0) is 14.3 Å². The van der Waals surface area contributed by atoms with Gasteiger partial charge in [0, 0.05) is 38.2 Å². The summed E-state index contributed by atoms with van der Waals surface area (Å²) < 4.78 is 4.51. The molecule has 0 saturated carbocycles. The Hall–Kier alpha value is -2.90. The topological polar surface area (TPSA) is 102 Å². The minimum Gasteiger partial charge on any atom is -0.466 e. The highest BCUT2D eigenvalue weighted by Crippen LogP contribution is 2.32. The molecule has 8 heteroatoms.